The zero-order valence-electron chi connectivity index (χ0n) is 22.3. The minimum atomic E-state index is -0.154. The highest BCUT2D eigenvalue weighted by atomic mass is 16.3. The van der Waals surface area contributed by atoms with E-state index in [-0.39, 0.29) is 6.61 Å². The molecule has 0 amide bonds. The standard InChI is InChI=1S/C29H35N9O/c1-21(16-22-6-4-3-5-7-22)26(19-39)35-28(30-2)37-12-14-38(15-13-37)29-33-20-32-27(36-29)34-25-9-8-23-10-11-31-18-24(23)17-25/h3-9,17,20,31,39H,2,10-16,18-19H2,1H3,(H,32,33,34,36)/b26-21+,35-28+. The number of guanidine groups is 1. The number of aliphatic imine (C=N–C) groups is 2. The Morgan fingerprint density at radius 2 is 1.90 bits per heavy atom. The van der Waals surface area contributed by atoms with Gasteiger partial charge < -0.3 is 25.5 Å². The topological polar surface area (TPSA) is 114 Å². The SMILES string of the molecule is C=N/C(=N\C(CO)=C(/C)Cc1ccccc1)N1CCN(c2ncnc(Nc3ccc4c(c3)CNCC4)n2)CC1. The fourth-order valence-electron chi connectivity index (χ4n) is 4.89. The van der Waals surface area contributed by atoms with Crippen molar-refractivity contribution in [3.05, 3.63) is 82.8 Å². The zero-order chi connectivity index (χ0) is 27.0. The number of anilines is 3. The lowest BCUT2D eigenvalue weighted by Gasteiger charge is -2.35. The summed E-state index contributed by atoms with van der Waals surface area (Å²) >= 11 is 0. The quantitative estimate of drug-likeness (QED) is 0.319. The average molecular weight is 526 g/mol. The third kappa shape index (κ3) is 6.65. The van der Waals surface area contributed by atoms with E-state index in [9.17, 15) is 5.11 Å². The summed E-state index contributed by atoms with van der Waals surface area (Å²) < 4.78 is 0. The summed E-state index contributed by atoms with van der Waals surface area (Å²) in [7, 11) is 0. The van der Waals surface area contributed by atoms with Gasteiger partial charge in [-0.25, -0.2) is 20.0 Å². The maximum atomic E-state index is 10.0. The summed E-state index contributed by atoms with van der Waals surface area (Å²) in [6.45, 7) is 10.2. The minimum Gasteiger partial charge on any atom is -0.390 e. The van der Waals surface area contributed by atoms with Crippen molar-refractivity contribution >= 4 is 30.3 Å². The first-order valence-corrected chi connectivity index (χ1v) is 13.3. The molecule has 1 fully saturated rings. The van der Waals surface area contributed by atoms with Crippen LogP contribution in [0.5, 0.6) is 0 Å². The van der Waals surface area contributed by atoms with Crippen LogP contribution in [-0.2, 0) is 19.4 Å². The molecular weight excluding hydrogens is 490 g/mol. The van der Waals surface area contributed by atoms with E-state index in [0.29, 0.717) is 49.7 Å². The summed E-state index contributed by atoms with van der Waals surface area (Å²) in [4.78, 5) is 26.5. The molecule has 2 aliphatic heterocycles. The Hall–Kier alpha value is -4.15. The molecule has 1 aromatic heterocycles. The van der Waals surface area contributed by atoms with E-state index in [4.69, 9.17) is 4.99 Å². The van der Waals surface area contributed by atoms with Crippen molar-refractivity contribution in [2.45, 2.75) is 26.3 Å². The highest BCUT2D eigenvalue weighted by Gasteiger charge is 2.22. The Kier molecular flexibility index (Phi) is 8.55. The van der Waals surface area contributed by atoms with Gasteiger partial charge in [0.1, 0.15) is 6.33 Å². The molecule has 0 spiro atoms. The molecule has 5 rings (SSSR count). The smallest absolute Gasteiger partial charge is 0.231 e. The van der Waals surface area contributed by atoms with Crippen LogP contribution >= 0.6 is 0 Å². The van der Waals surface area contributed by atoms with Crippen molar-refractivity contribution in [1.29, 1.82) is 0 Å². The highest BCUT2D eigenvalue weighted by Crippen LogP contribution is 2.22. The Labute approximate surface area is 229 Å². The fraction of sp³-hybridized carbons (Fsp3) is 0.345. The number of fused-ring (bicyclic) bond motifs is 1. The molecule has 0 atom stereocenters. The van der Waals surface area contributed by atoms with Crippen molar-refractivity contribution in [3.8, 4) is 0 Å². The number of nitrogens with zero attached hydrogens (tertiary/aromatic N) is 7. The van der Waals surface area contributed by atoms with Crippen LogP contribution < -0.4 is 15.5 Å². The molecule has 0 bridgehead atoms. The lowest BCUT2D eigenvalue weighted by molar-refractivity contribution is 0.326. The molecule has 202 valence electrons. The number of allylic oxidation sites excluding steroid dienone is 1. The van der Waals surface area contributed by atoms with Crippen molar-refractivity contribution < 1.29 is 5.11 Å². The molecule has 10 nitrogen and oxygen atoms in total. The summed E-state index contributed by atoms with van der Waals surface area (Å²) in [6.07, 6.45) is 3.32. The second kappa shape index (κ2) is 12.6. The number of aliphatic hydroxyl groups excluding tert-OH is 1. The second-order valence-electron chi connectivity index (χ2n) is 9.74. The van der Waals surface area contributed by atoms with Crippen LogP contribution in [0.25, 0.3) is 0 Å². The van der Waals surface area contributed by atoms with Crippen molar-refractivity contribution in [3.63, 3.8) is 0 Å². The van der Waals surface area contributed by atoms with Crippen LogP contribution in [0.15, 0.2) is 76.1 Å². The maximum absolute atomic E-state index is 10.0. The average Bonchev–Trinajstić information content (AvgIpc) is 2.98. The number of rotatable bonds is 7. The Morgan fingerprint density at radius 1 is 1.08 bits per heavy atom. The third-order valence-corrected chi connectivity index (χ3v) is 7.08. The predicted octanol–water partition coefficient (Wildman–Crippen LogP) is 2.95. The number of piperazine rings is 1. The Balaban J connectivity index is 1.23. The fourth-order valence-corrected chi connectivity index (χ4v) is 4.89. The van der Waals surface area contributed by atoms with Gasteiger partial charge in [0, 0.05) is 38.4 Å². The number of hydrogen-bond donors (Lipinski definition) is 3. The highest BCUT2D eigenvalue weighted by molar-refractivity contribution is 5.85. The van der Waals surface area contributed by atoms with Crippen LogP contribution in [0.4, 0.5) is 17.6 Å². The number of hydrogen-bond acceptors (Lipinski definition) is 8. The molecule has 3 aromatic rings. The van der Waals surface area contributed by atoms with Crippen molar-refractivity contribution in [1.82, 2.24) is 25.2 Å². The number of aromatic nitrogens is 3. The molecule has 0 unspecified atom stereocenters. The molecule has 3 N–H and O–H groups in total. The summed E-state index contributed by atoms with van der Waals surface area (Å²) in [5, 5.41) is 16.8. The number of benzene rings is 2. The van der Waals surface area contributed by atoms with Crippen LogP contribution in [0.3, 0.4) is 0 Å². The van der Waals surface area contributed by atoms with Gasteiger partial charge in [-0.1, -0.05) is 36.4 Å². The lowest BCUT2D eigenvalue weighted by Crippen LogP contribution is -2.49. The van der Waals surface area contributed by atoms with Gasteiger partial charge >= 0.3 is 0 Å². The third-order valence-electron chi connectivity index (χ3n) is 7.08. The van der Waals surface area contributed by atoms with Gasteiger partial charge in [0.05, 0.1) is 12.3 Å². The van der Waals surface area contributed by atoms with E-state index in [0.717, 1.165) is 37.2 Å². The minimum absolute atomic E-state index is 0.154. The molecule has 0 radical (unpaired) electrons. The van der Waals surface area contributed by atoms with Crippen LogP contribution in [0, 0.1) is 0 Å². The van der Waals surface area contributed by atoms with Gasteiger partial charge in [-0.2, -0.15) is 4.98 Å². The van der Waals surface area contributed by atoms with E-state index < -0.39 is 0 Å². The van der Waals surface area contributed by atoms with Crippen molar-refractivity contribution in [2.75, 3.05) is 49.5 Å². The maximum Gasteiger partial charge on any atom is 0.231 e. The molecule has 1 saturated heterocycles. The van der Waals surface area contributed by atoms with Crippen molar-refractivity contribution in [2.24, 2.45) is 9.98 Å². The molecule has 10 heteroatoms. The van der Waals surface area contributed by atoms with E-state index >= 15 is 0 Å². The van der Waals surface area contributed by atoms with Gasteiger partial charge in [0.2, 0.25) is 17.9 Å². The summed E-state index contributed by atoms with van der Waals surface area (Å²) in [6, 6.07) is 16.6. The molecule has 0 aliphatic carbocycles. The molecular formula is C29H35N9O. The molecule has 3 heterocycles. The van der Waals surface area contributed by atoms with Gasteiger partial charge in [0.25, 0.3) is 0 Å². The predicted molar refractivity (Wildman–Crippen MR) is 156 cm³/mol. The Morgan fingerprint density at radius 3 is 2.67 bits per heavy atom. The zero-order valence-corrected chi connectivity index (χ0v) is 22.3. The van der Waals surface area contributed by atoms with Crippen LogP contribution in [-0.4, -0.2) is 77.0 Å². The van der Waals surface area contributed by atoms with Crippen LogP contribution in [0.2, 0.25) is 0 Å². The molecule has 39 heavy (non-hydrogen) atoms. The van der Waals surface area contributed by atoms with E-state index in [2.05, 4.69) is 77.4 Å². The van der Waals surface area contributed by atoms with Gasteiger partial charge in [-0.05, 0) is 67.4 Å². The van der Waals surface area contributed by atoms with Crippen LogP contribution in [0.1, 0.15) is 23.6 Å². The summed E-state index contributed by atoms with van der Waals surface area (Å²) in [5.74, 6) is 1.67. The first-order valence-electron chi connectivity index (χ1n) is 13.3. The normalized spacial score (nSPS) is 16.4. The monoisotopic (exact) mass is 525 g/mol. The first-order chi connectivity index (χ1) is 19.1. The summed E-state index contributed by atoms with van der Waals surface area (Å²) in [5.41, 5.74) is 6.46. The lowest BCUT2D eigenvalue weighted by atomic mass is 10.0. The van der Waals surface area contributed by atoms with E-state index in [1.807, 2.05) is 25.1 Å². The molecule has 2 aliphatic rings. The molecule has 2 aromatic carbocycles. The van der Waals surface area contributed by atoms with E-state index in [1.165, 1.54) is 16.7 Å². The number of aliphatic hydroxyl groups is 1. The molecule has 0 saturated carbocycles. The second-order valence-corrected chi connectivity index (χ2v) is 9.74. The number of nitrogens with one attached hydrogen (secondary N) is 2. The van der Waals surface area contributed by atoms with Gasteiger partial charge in [-0.3, -0.25) is 0 Å². The van der Waals surface area contributed by atoms with Gasteiger partial charge in [-0.15, -0.1) is 0 Å². The van der Waals surface area contributed by atoms with E-state index in [1.54, 1.807) is 6.33 Å². The Bertz CT molecular complexity index is 1350. The first kappa shape index (κ1) is 26.5. The largest absolute Gasteiger partial charge is 0.390 e. The van der Waals surface area contributed by atoms with Gasteiger partial charge in [0.15, 0.2) is 0 Å².